The molecule has 2 atom stereocenters. The van der Waals surface area contributed by atoms with Crippen molar-refractivity contribution in [3.63, 3.8) is 0 Å². The molecule has 1 aliphatic heterocycles. The van der Waals surface area contributed by atoms with Crippen LogP contribution in [0.4, 0.5) is 0 Å². The van der Waals surface area contributed by atoms with Crippen LogP contribution in [0.15, 0.2) is 41.6 Å². The molecule has 1 fully saturated rings. The van der Waals surface area contributed by atoms with Crippen molar-refractivity contribution in [3.05, 3.63) is 48.0 Å². The minimum Gasteiger partial charge on any atom is -0.336 e. The van der Waals surface area contributed by atoms with Crippen LogP contribution < -0.4 is 10.0 Å². The van der Waals surface area contributed by atoms with Crippen LogP contribution in [0.1, 0.15) is 24.4 Å². The summed E-state index contributed by atoms with van der Waals surface area (Å²) < 4.78 is 29.6. The maximum Gasteiger partial charge on any atom is 0.241 e. The van der Waals surface area contributed by atoms with Gasteiger partial charge in [0.1, 0.15) is 11.9 Å². The molecule has 10 heteroatoms. The summed E-state index contributed by atoms with van der Waals surface area (Å²) in [6.07, 6.45) is 3.52. The summed E-state index contributed by atoms with van der Waals surface area (Å²) in [5, 5.41) is 3.27. The Labute approximate surface area is 171 Å². The number of aryl methyl sites for hydroxylation is 2. The zero-order valence-electron chi connectivity index (χ0n) is 16.1. The number of hydrogen-bond donors (Lipinski definition) is 2. The Morgan fingerprint density at radius 2 is 2.00 bits per heavy atom. The lowest BCUT2D eigenvalue weighted by Crippen LogP contribution is -2.54. The number of imidazole rings is 1. The quantitative estimate of drug-likeness (QED) is 0.741. The van der Waals surface area contributed by atoms with Crippen molar-refractivity contribution >= 4 is 28.3 Å². The summed E-state index contributed by atoms with van der Waals surface area (Å²) in [6.45, 7) is 5.19. The van der Waals surface area contributed by atoms with Crippen molar-refractivity contribution in [1.82, 2.24) is 24.5 Å². The number of hydrogen-bond acceptors (Lipinski definition) is 5. The topological polar surface area (TPSA) is 96.3 Å². The Kier molecular flexibility index (Phi) is 7.22. The molecular weight excluding hydrogens is 402 g/mol. The van der Waals surface area contributed by atoms with Crippen LogP contribution in [0.3, 0.4) is 0 Å². The van der Waals surface area contributed by atoms with Crippen LogP contribution >= 0.6 is 12.4 Å². The number of sulfonamides is 1. The summed E-state index contributed by atoms with van der Waals surface area (Å²) in [4.78, 5) is 19.2. The predicted molar refractivity (Wildman–Crippen MR) is 109 cm³/mol. The SMILES string of the molecule is Cc1ccc(S(=O)(=O)NC(C)C(=O)N2CCNCC2c2nccn2C)cc1.Cl. The van der Waals surface area contributed by atoms with Crippen LogP contribution in [0.5, 0.6) is 0 Å². The zero-order chi connectivity index (χ0) is 19.6. The van der Waals surface area contributed by atoms with E-state index < -0.39 is 16.1 Å². The molecule has 1 saturated heterocycles. The van der Waals surface area contributed by atoms with Gasteiger partial charge in [-0.1, -0.05) is 17.7 Å². The zero-order valence-corrected chi connectivity index (χ0v) is 17.8. The first-order valence-electron chi connectivity index (χ1n) is 8.87. The molecule has 1 aromatic carbocycles. The van der Waals surface area contributed by atoms with Gasteiger partial charge in [0, 0.05) is 39.1 Å². The lowest BCUT2D eigenvalue weighted by atomic mass is 10.1. The summed E-state index contributed by atoms with van der Waals surface area (Å²) in [6, 6.07) is 5.42. The first kappa shape index (κ1) is 22.4. The van der Waals surface area contributed by atoms with Crippen LogP contribution in [-0.2, 0) is 21.9 Å². The van der Waals surface area contributed by atoms with Gasteiger partial charge in [0.15, 0.2) is 0 Å². The van der Waals surface area contributed by atoms with Gasteiger partial charge in [-0.2, -0.15) is 4.72 Å². The van der Waals surface area contributed by atoms with Crippen molar-refractivity contribution in [3.8, 4) is 0 Å². The van der Waals surface area contributed by atoms with E-state index in [0.29, 0.717) is 19.6 Å². The molecule has 1 amide bonds. The predicted octanol–water partition coefficient (Wildman–Crippen LogP) is 0.990. The van der Waals surface area contributed by atoms with E-state index in [1.165, 1.54) is 12.1 Å². The minimum atomic E-state index is -3.77. The van der Waals surface area contributed by atoms with Gasteiger partial charge in [0.25, 0.3) is 0 Å². The number of aromatic nitrogens is 2. The minimum absolute atomic E-state index is 0. The lowest BCUT2D eigenvalue weighted by Gasteiger charge is -2.37. The third-order valence-corrected chi connectivity index (χ3v) is 6.27. The maximum absolute atomic E-state index is 13.0. The monoisotopic (exact) mass is 427 g/mol. The summed E-state index contributed by atoms with van der Waals surface area (Å²) in [5.74, 6) is 0.504. The van der Waals surface area contributed by atoms with Crippen molar-refractivity contribution in [2.75, 3.05) is 19.6 Å². The fraction of sp³-hybridized carbons (Fsp3) is 0.444. The summed E-state index contributed by atoms with van der Waals surface area (Å²) in [7, 11) is -1.90. The highest BCUT2D eigenvalue weighted by Gasteiger charge is 2.34. The second kappa shape index (κ2) is 9.04. The van der Waals surface area contributed by atoms with Crippen molar-refractivity contribution in [2.45, 2.75) is 30.8 Å². The second-order valence-electron chi connectivity index (χ2n) is 6.80. The van der Waals surface area contributed by atoms with E-state index in [4.69, 9.17) is 0 Å². The molecule has 2 aromatic rings. The number of amides is 1. The Bertz CT molecular complexity index is 914. The number of piperazine rings is 1. The van der Waals surface area contributed by atoms with Gasteiger partial charge in [0.05, 0.1) is 10.9 Å². The molecule has 2 N–H and O–H groups in total. The van der Waals surface area contributed by atoms with E-state index in [0.717, 1.165) is 11.4 Å². The summed E-state index contributed by atoms with van der Waals surface area (Å²) >= 11 is 0. The van der Waals surface area contributed by atoms with Gasteiger partial charge in [-0.3, -0.25) is 4.79 Å². The molecule has 0 saturated carbocycles. The third kappa shape index (κ3) is 4.72. The molecule has 0 spiro atoms. The normalized spacial score (nSPS) is 18.4. The molecule has 3 rings (SSSR count). The maximum atomic E-state index is 13.0. The standard InChI is InChI=1S/C18H25N5O3S.ClH/c1-13-4-6-15(7-5-13)27(25,26)21-14(2)18(24)23-11-8-19-12-16(23)17-20-9-10-22(17)3;/h4-7,9-10,14,16,19,21H,8,11-12H2,1-3H3;1H. The molecular formula is C18H26ClN5O3S. The molecule has 154 valence electrons. The van der Waals surface area contributed by atoms with Gasteiger partial charge in [0.2, 0.25) is 15.9 Å². The molecule has 1 aromatic heterocycles. The van der Waals surface area contributed by atoms with Crippen molar-refractivity contribution in [2.24, 2.45) is 7.05 Å². The third-order valence-electron chi connectivity index (χ3n) is 4.72. The smallest absolute Gasteiger partial charge is 0.241 e. The number of halogens is 1. The van der Waals surface area contributed by atoms with E-state index in [2.05, 4.69) is 15.0 Å². The van der Waals surface area contributed by atoms with Crippen molar-refractivity contribution < 1.29 is 13.2 Å². The highest BCUT2D eigenvalue weighted by Crippen LogP contribution is 2.21. The first-order valence-corrected chi connectivity index (χ1v) is 10.4. The molecule has 0 bridgehead atoms. The van der Waals surface area contributed by atoms with E-state index >= 15 is 0 Å². The average Bonchev–Trinajstić information content (AvgIpc) is 3.07. The molecule has 8 nitrogen and oxygen atoms in total. The molecule has 28 heavy (non-hydrogen) atoms. The number of nitrogens with one attached hydrogen (secondary N) is 2. The largest absolute Gasteiger partial charge is 0.336 e. The van der Waals surface area contributed by atoms with E-state index in [1.807, 2.05) is 24.7 Å². The Morgan fingerprint density at radius 1 is 1.32 bits per heavy atom. The average molecular weight is 428 g/mol. The Hall–Kier alpha value is -1.94. The first-order chi connectivity index (χ1) is 12.8. The molecule has 2 unspecified atom stereocenters. The van der Waals surface area contributed by atoms with E-state index in [1.54, 1.807) is 30.2 Å². The highest BCUT2D eigenvalue weighted by molar-refractivity contribution is 7.89. The van der Waals surface area contributed by atoms with Crippen LogP contribution in [-0.4, -0.2) is 54.5 Å². The fourth-order valence-corrected chi connectivity index (χ4v) is 4.41. The number of carbonyl (C=O) groups excluding carboxylic acids is 1. The van der Waals surface area contributed by atoms with Crippen molar-refractivity contribution in [1.29, 1.82) is 0 Å². The van der Waals surface area contributed by atoms with Gasteiger partial charge in [-0.25, -0.2) is 13.4 Å². The number of nitrogens with zero attached hydrogens (tertiary/aromatic N) is 3. The van der Waals surface area contributed by atoms with E-state index in [-0.39, 0.29) is 29.3 Å². The Balaban J connectivity index is 0.00000280. The van der Waals surface area contributed by atoms with Gasteiger partial charge in [-0.05, 0) is 26.0 Å². The van der Waals surface area contributed by atoms with Crippen LogP contribution in [0.25, 0.3) is 0 Å². The molecule has 0 aliphatic carbocycles. The molecule has 0 radical (unpaired) electrons. The van der Waals surface area contributed by atoms with Gasteiger partial charge >= 0.3 is 0 Å². The molecule has 2 heterocycles. The Morgan fingerprint density at radius 3 is 2.61 bits per heavy atom. The second-order valence-corrected chi connectivity index (χ2v) is 8.52. The van der Waals surface area contributed by atoms with Gasteiger partial charge in [-0.15, -0.1) is 12.4 Å². The van der Waals surface area contributed by atoms with Crippen LogP contribution in [0.2, 0.25) is 0 Å². The highest BCUT2D eigenvalue weighted by atomic mass is 35.5. The van der Waals surface area contributed by atoms with Crippen LogP contribution in [0, 0.1) is 6.92 Å². The van der Waals surface area contributed by atoms with E-state index in [9.17, 15) is 13.2 Å². The lowest BCUT2D eigenvalue weighted by molar-refractivity contribution is -0.136. The number of rotatable bonds is 5. The van der Waals surface area contributed by atoms with Gasteiger partial charge < -0.3 is 14.8 Å². The molecule has 1 aliphatic rings. The fourth-order valence-electron chi connectivity index (χ4n) is 3.21. The number of carbonyl (C=O) groups is 1. The summed E-state index contributed by atoms with van der Waals surface area (Å²) in [5.41, 5.74) is 0.969. The number of benzene rings is 1.